The largest absolute Gasteiger partial charge is 0.354 e. The highest BCUT2D eigenvalue weighted by Crippen LogP contribution is 2.17. The van der Waals surface area contributed by atoms with Crippen LogP contribution < -0.4 is 11.1 Å². The molecule has 6 heteroatoms. The molecule has 1 fully saturated rings. The van der Waals surface area contributed by atoms with Gasteiger partial charge in [0.2, 0.25) is 11.8 Å². The first-order valence-corrected chi connectivity index (χ1v) is 7.92. The van der Waals surface area contributed by atoms with Crippen LogP contribution in [0.4, 0.5) is 0 Å². The molecule has 1 atom stereocenters. The number of rotatable bonds is 7. The van der Waals surface area contributed by atoms with Crippen molar-refractivity contribution in [2.45, 2.75) is 51.6 Å². The average molecular weight is 298 g/mol. The monoisotopic (exact) mass is 298 g/mol. The molecular formula is C15H30N4O2. The van der Waals surface area contributed by atoms with Crippen LogP contribution in [0.5, 0.6) is 0 Å². The molecule has 1 aliphatic rings. The highest BCUT2D eigenvalue weighted by molar-refractivity contribution is 5.79. The molecule has 0 saturated carbocycles. The van der Waals surface area contributed by atoms with E-state index in [0.717, 1.165) is 25.8 Å². The van der Waals surface area contributed by atoms with Gasteiger partial charge in [-0.15, -0.1) is 0 Å². The summed E-state index contributed by atoms with van der Waals surface area (Å²) in [4.78, 5) is 28.0. The van der Waals surface area contributed by atoms with Gasteiger partial charge in [0.25, 0.3) is 0 Å². The van der Waals surface area contributed by atoms with Crippen LogP contribution in [0.1, 0.15) is 39.5 Å². The Hall–Kier alpha value is -1.14. The molecule has 1 heterocycles. The minimum atomic E-state index is -0.0326. The Kier molecular flexibility index (Phi) is 7.67. The van der Waals surface area contributed by atoms with Crippen LogP contribution in [0, 0.1) is 0 Å². The first-order valence-electron chi connectivity index (χ1n) is 7.92. The van der Waals surface area contributed by atoms with E-state index < -0.39 is 0 Å². The molecule has 2 amide bonds. The van der Waals surface area contributed by atoms with E-state index in [1.807, 2.05) is 16.8 Å². The smallest absolute Gasteiger partial charge is 0.237 e. The van der Waals surface area contributed by atoms with Crippen molar-refractivity contribution in [3.63, 3.8) is 0 Å². The molecule has 1 saturated heterocycles. The fraction of sp³-hybridized carbons (Fsp3) is 0.867. The van der Waals surface area contributed by atoms with E-state index in [4.69, 9.17) is 5.73 Å². The lowest BCUT2D eigenvalue weighted by molar-refractivity contribution is -0.136. The summed E-state index contributed by atoms with van der Waals surface area (Å²) in [5.74, 6) is 0.124. The highest BCUT2D eigenvalue weighted by Gasteiger charge is 2.27. The lowest BCUT2D eigenvalue weighted by Crippen LogP contribution is -2.52. The number of piperidine rings is 1. The number of nitrogens with two attached hydrogens (primary N) is 1. The Balaban J connectivity index is 2.52. The molecule has 122 valence electrons. The summed E-state index contributed by atoms with van der Waals surface area (Å²) in [5.41, 5.74) is 5.37. The highest BCUT2D eigenvalue weighted by atomic mass is 16.2. The summed E-state index contributed by atoms with van der Waals surface area (Å²) in [6.07, 6.45) is 3.46. The van der Waals surface area contributed by atoms with E-state index in [-0.39, 0.29) is 17.9 Å². The predicted octanol–water partition coefficient (Wildman–Crippen LogP) is 0.173. The first-order chi connectivity index (χ1) is 9.95. The van der Waals surface area contributed by atoms with Gasteiger partial charge in [-0.25, -0.2) is 0 Å². The van der Waals surface area contributed by atoms with Crippen LogP contribution in [0.25, 0.3) is 0 Å². The van der Waals surface area contributed by atoms with Crippen LogP contribution in [-0.4, -0.2) is 66.9 Å². The van der Waals surface area contributed by atoms with Gasteiger partial charge in [-0.05, 0) is 40.2 Å². The quantitative estimate of drug-likeness (QED) is 0.702. The molecule has 0 bridgehead atoms. The molecule has 3 N–H and O–H groups in total. The van der Waals surface area contributed by atoms with E-state index in [0.29, 0.717) is 32.1 Å². The number of hydrogen-bond acceptors (Lipinski definition) is 4. The van der Waals surface area contributed by atoms with Crippen molar-refractivity contribution in [2.75, 3.05) is 33.2 Å². The van der Waals surface area contributed by atoms with Crippen LogP contribution >= 0.6 is 0 Å². The Labute approximate surface area is 128 Å². The summed E-state index contributed by atoms with van der Waals surface area (Å²) >= 11 is 0. The minimum absolute atomic E-state index is 0.0326. The van der Waals surface area contributed by atoms with E-state index in [2.05, 4.69) is 19.2 Å². The number of likely N-dealkylation sites (N-methyl/N-ethyl adjacent to an activating group) is 1. The Morgan fingerprint density at radius 1 is 1.38 bits per heavy atom. The summed E-state index contributed by atoms with van der Waals surface area (Å²) in [6.45, 7) is 6.28. The summed E-state index contributed by atoms with van der Waals surface area (Å²) in [5, 5.41) is 2.89. The molecule has 1 rings (SSSR count). The van der Waals surface area contributed by atoms with Gasteiger partial charge >= 0.3 is 0 Å². The second kappa shape index (κ2) is 9.00. The number of nitrogens with zero attached hydrogens (tertiary/aromatic N) is 2. The second-order valence-electron chi connectivity index (χ2n) is 6.09. The fourth-order valence-corrected chi connectivity index (χ4v) is 2.48. The zero-order valence-corrected chi connectivity index (χ0v) is 13.6. The van der Waals surface area contributed by atoms with Gasteiger partial charge in [0.1, 0.15) is 0 Å². The standard InChI is InChI=1S/C15H30N4O2/c1-12(2)18(3)11-15(21)19-9-5-4-6-13(19)10-17-14(20)7-8-16/h12-13H,4-11,16H2,1-3H3,(H,17,20). The molecule has 0 spiro atoms. The number of nitrogens with one attached hydrogen (secondary N) is 1. The van der Waals surface area contributed by atoms with E-state index in [9.17, 15) is 9.59 Å². The van der Waals surface area contributed by atoms with Gasteiger partial charge in [0.05, 0.1) is 6.54 Å². The number of amides is 2. The van der Waals surface area contributed by atoms with Gasteiger partial charge in [0, 0.05) is 38.1 Å². The summed E-state index contributed by atoms with van der Waals surface area (Å²) in [7, 11) is 1.96. The SMILES string of the molecule is CC(C)N(C)CC(=O)N1CCCCC1CNC(=O)CCN. The zero-order valence-electron chi connectivity index (χ0n) is 13.6. The van der Waals surface area contributed by atoms with Gasteiger partial charge in [-0.1, -0.05) is 0 Å². The van der Waals surface area contributed by atoms with E-state index >= 15 is 0 Å². The van der Waals surface area contributed by atoms with E-state index in [1.54, 1.807) is 0 Å². The molecular weight excluding hydrogens is 268 g/mol. The van der Waals surface area contributed by atoms with Gasteiger partial charge in [0.15, 0.2) is 0 Å². The third-order valence-corrected chi connectivity index (χ3v) is 4.12. The van der Waals surface area contributed by atoms with Crippen LogP contribution in [-0.2, 0) is 9.59 Å². The lowest BCUT2D eigenvalue weighted by atomic mass is 10.0. The van der Waals surface area contributed by atoms with Crippen molar-refractivity contribution in [3.05, 3.63) is 0 Å². The molecule has 21 heavy (non-hydrogen) atoms. The van der Waals surface area contributed by atoms with Crippen molar-refractivity contribution in [3.8, 4) is 0 Å². The molecule has 0 aromatic rings. The molecule has 0 radical (unpaired) electrons. The topological polar surface area (TPSA) is 78.7 Å². The molecule has 0 aromatic carbocycles. The van der Waals surface area contributed by atoms with Gasteiger partial charge in [-0.3, -0.25) is 14.5 Å². The Bertz CT molecular complexity index is 347. The van der Waals surface area contributed by atoms with Crippen LogP contribution in [0.2, 0.25) is 0 Å². The molecule has 6 nitrogen and oxygen atoms in total. The van der Waals surface area contributed by atoms with Crippen molar-refractivity contribution < 1.29 is 9.59 Å². The van der Waals surface area contributed by atoms with Crippen molar-refractivity contribution >= 4 is 11.8 Å². The van der Waals surface area contributed by atoms with E-state index in [1.165, 1.54) is 0 Å². The van der Waals surface area contributed by atoms with Gasteiger partial charge < -0.3 is 16.0 Å². The normalized spacial score (nSPS) is 19.1. The number of carbonyl (C=O) groups excluding carboxylic acids is 2. The third kappa shape index (κ3) is 6.01. The molecule has 1 aliphatic heterocycles. The fourth-order valence-electron chi connectivity index (χ4n) is 2.48. The van der Waals surface area contributed by atoms with Crippen molar-refractivity contribution in [1.29, 1.82) is 0 Å². The van der Waals surface area contributed by atoms with Crippen molar-refractivity contribution in [1.82, 2.24) is 15.1 Å². The number of carbonyl (C=O) groups is 2. The maximum Gasteiger partial charge on any atom is 0.237 e. The maximum atomic E-state index is 12.4. The van der Waals surface area contributed by atoms with Crippen LogP contribution in [0.3, 0.4) is 0 Å². The molecule has 0 aliphatic carbocycles. The second-order valence-corrected chi connectivity index (χ2v) is 6.09. The lowest BCUT2D eigenvalue weighted by Gasteiger charge is -2.37. The van der Waals surface area contributed by atoms with Gasteiger partial charge in [-0.2, -0.15) is 0 Å². The minimum Gasteiger partial charge on any atom is -0.354 e. The average Bonchev–Trinajstić information content (AvgIpc) is 2.45. The Morgan fingerprint density at radius 2 is 2.10 bits per heavy atom. The Morgan fingerprint density at radius 3 is 2.71 bits per heavy atom. The predicted molar refractivity (Wildman–Crippen MR) is 83.8 cm³/mol. The first kappa shape index (κ1) is 17.9. The summed E-state index contributed by atoms with van der Waals surface area (Å²) < 4.78 is 0. The maximum absolute atomic E-state index is 12.4. The number of hydrogen-bond donors (Lipinski definition) is 2. The summed E-state index contributed by atoms with van der Waals surface area (Å²) in [6, 6.07) is 0.468. The van der Waals surface area contributed by atoms with Crippen molar-refractivity contribution in [2.24, 2.45) is 5.73 Å². The number of likely N-dealkylation sites (tertiary alicyclic amines) is 1. The molecule has 0 aromatic heterocycles. The third-order valence-electron chi connectivity index (χ3n) is 4.12. The molecule has 1 unspecified atom stereocenters. The zero-order chi connectivity index (χ0) is 15.8. The van der Waals surface area contributed by atoms with Crippen LogP contribution in [0.15, 0.2) is 0 Å².